The molecule has 2 nitrogen and oxygen atoms in total. The predicted octanol–water partition coefficient (Wildman–Crippen LogP) is 3.61. The first-order chi connectivity index (χ1) is 8.65. The number of halogens is 2. The molecular weight excluding hydrogens is 287 g/mol. The summed E-state index contributed by atoms with van der Waals surface area (Å²) in [7, 11) is 0. The summed E-state index contributed by atoms with van der Waals surface area (Å²) in [6, 6.07) is 0.398. The molecule has 1 saturated carbocycles. The van der Waals surface area contributed by atoms with E-state index in [1.165, 1.54) is 42.7 Å². The molecule has 3 atom stereocenters. The minimum absolute atomic E-state index is 0.398. The van der Waals surface area contributed by atoms with Gasteiger partial charge < -0.3 is 5.73 Å². The molecule has 0 radical (unpaired) electrons. The number of rotatable bonds is 2. The quantitative estimate of drug-likeness (QED) is 0.904. The molecule has 1 aliphatic carbocycles. The van der Waals surface area contributed by atoms with E-state index < -0.39 is 0 Å². The van der Waals surface area contributed by atoms with Gasteiger partial charge in [-0.1, -0.05) is 29.6 Å². The van der Waals surface area contributed by atoms with Gasteiger partial charge in [-0.15, -0.1) is 11.3 Å². The van der Waals surface area contributed by atoms with Crippen molar-refractivity contribution in [2.45, 2.75) is 31.8 Å². The van der Waals surface area contributed by atoms with Crippen molar-refractivity contribution in [1.29, 1.82) is 0 Å². The van der Waals surface area contributed by atoms with Crippen LogP contribution in [0, 0.1) is 11.8 Å². The summed E-state index contributed by atoms with van der Waals surface area (Å²) in [5.74, 6) is 1.48. The summed E-state index contributed by atoms with van der Waals surface area (Å²) in [4.78, 5) is 2.49. The molecule has 2 heterocycles. The summed E-state index contributed by atoms with van der Waals surface area (Å²) in [6.07, 6.45) is 3.83. The van der Waals surface area contributed by atoms with Crippen LogP contribution in [0.5, 0.6) is 0 Å². The van der Waals surface area contributed by atoms with Crippen LogP contribution >= 0.6 is 34.5 Å². The summed E-state index contributed by atoms with van der Waals surface area (Å²) in [5.41, 5.74) is 7.40. The Morgan fingerprint density at radius 1 is 1.33 bits per heavy atom. The van der Waals surface area contributed by atoms with Crippen molar-refractivity contribution >= 4 is 34.5 Å². The zero-order valence-electron chi connectivity index (χ0n) is 10.2. The molecule has 1 aromatic heterocycles. The molecule has 1 aliphatic heterocycles. The number of hydrogen-bond acceptors (Lipinski definition) is 3. The van der Waals surface area contributed by atoms with E-state index in [4.69, 9.17) is 28.9 Å². The zero-order valence-corrected chi connectivity index (χ0v) is 12.6. The first-order valence-electron chi connectivity index (χ1n) is 6.54. The predicted molar refractivity (Wildman–Crippen MR) is 78.4 cm³/mol. The molecule has 100 valence electrons. The third-order valence-electron chi connectivity index (χ3n) is 4.38. The van der Waals surface area contributed by atoms with Gasteiger partial charge in [-0.05, 0) is 35.6 Å². The molecule has 2 fully saturated rings. The highest BCUT2D eigenvalue weighted by molar-refractivity contribution is 7.15. The topological polar surface area (TPSA) is 29.3 Å². The van der Waals surface area contributed by atoms with Gasteiger partial charge >= 0.3 is 0 Å². The monoisotopic (exact) mass is 304 g/mol. The molecule has 0 amide bonds. The lowest BCUT2D eigenvalue weighted by atomic mass is 9.78. The fraction of sp³-hybridized carbons (Fsp3) is 0.692. The Kier molecular flexibility index (Phi) is 3.88. The van der Waals surface area contributed by atoms with Gasteiger partial charge in [0, 0.05) is 25.7 Å². The van der Waals surface area contributed by atoms with Crippen molar-refractivity contribution < 1.29 is 0 Å². The average Bonchev–Trinajstić information content (AvgIpc) is 2.89. The van der Waals surface area contributed by atoms with E-state index in [0.717, 1.165) is 24.0 Å². The van der Waals surface area contributed by atoms with Crippen LogP contribution in [0.3, 0.4) is 0 Å². The van der Waals surface area contributed by atoms with Gasteiger partial charge in [0.2, 0.25) is 0 Å². The molecule has 1 aromatic rings. The Morgan fingerprint density at radius 2 is 2.17 bits per heavy atom. The Labute approximate surface area is 122 Å². The van der Waals surface area contributed by atoms with Crippen molar-refractivity contribution in [2.24, 2.45) is 17.6 Å². The van der Waals surface area contributed by atoms with Crippen LogP contribution < -0.4 is 5.73 Å². The Morgan fingerprint density at radius 3 is 2.83 bits per heavy atom. The molecule has 0 aromatic carbocycles. The lowest BCUT2D eigenvalue weighted by Gasteiger charge is -2.29. The van der Waals surface area contributed by atoms with Gasteiger partial charge in [-0.3, -0.25) is 4.90 Å². The largest absolute Gasteiger partial charge is 0.327 e. The molecule has 0 spiro atoms. The van der Waals surface area contributed by atoms with E-state index in [1.807, 2.05) is 0 Å². The summed E-state index contributed by atoms with van der Waals surface area (Å²) >= 11 is 13.7. The molecule has 1 saturated heterocycles. The summed E-state index contributed by atoms with van der Waals surface area (Å²) in [5, 5.41) is 2.81. The fourth-order valence-corrected chi connectivity index (χ4v) is 4.68. The third kappa shape index (κ3) is 2.44. The number of fused-ring (bicyclic) bond motifs is 1. The van der Waals surface area contributed by atoms with Crippen molar-refractivity contribution in [3.05, 3.63) is 20.3 Å². The second kappa shape index (κ2) is 5.29. The highest BCUT2D eigenvalue weighted by atomic mass is 35.5. The van der Waals surface area contributed by atoms with E-state index in [9.17, 15) is 0 Å². The van der Waals surface area contributed by atoms with E-state index in [2.05, 4.69) is 10.3 Å². The molecule has 2 aliphatic rings. The van der Waals surface area contributed by atoms with Crippen molar-refractivity contribution in [2.75, 3.05) is 13.1 Å². The average molecular weight is 305 g/mol. The maximum Gasteiger partial charge on any atom is 0.112 e. The molecule has 0 bridgehead atoms. The lowest BCUT2D eigenvalue weighted by molar-refractivity contribution is 0.259. The second-order valence-corrected chi connectivity index (χ2v) is 7.42. The van der Waals surface area contributed by atoms with Crippen molar-refractivity contribution in [3.8, 4) is 0 Å². The highest BCUT2D eigenvalue weighted by Gasteiger charge is 2.38. The van der Waals surface area contributed by atoms with Crippen molar-refractivity contribution in [1.82, 2.24) is 4.90 Å². The Hall–Kier alpha value is 0.200. The summed E-state index contributed by atoms with van der Waals surface area (Å²) in [6.45, 7) is 3.21. The smallest absolute Gasteiger partial charge is 0.112 e. The third-order valence-corrected chi connectivity index (χ3v) is 6.29. The SMILES string of the molecule is NC1CCCC2CN(Cc3csc(Cl)c3Cl)CC12. The van der Waals surface area contributed by atoms with Crippen LogP contribution in [0.15, 0.2) is 5.38 Å². The van der Waals surface area contributed by atoms with Crippen molar-refractivity contribution in [3.63, 3.8) is 0 Å². The number of hydrogen-bond donors (Lipinski definition) is 1. The molecular formula is C13H18Cl2N2S. The van der Waals surface area contributed by atoms with Crippen LogP contribution in [-0.4, -0.2) is 24.0 Å². The molecule has 2 N–H and O–H groups in total. The number of nitrogens with two attached hydrogens (primary N) is 1. The zero-order chi connectivity index (χ0) is 12.7. The van der Waals surface area contributed by atoms with Crippen LogP contribution in [0.25, 0.3) is 0 Å². The maximum absolute atomic E-state index is 6.24. The van der Waals surface area contributed by atoms with Gasteiger partial charge in [0.1, 0.15) is 4.34 Å². The van der Waals surface area contributed by atoms with Gasteiger partial charge in [0.25, 0.3) is 0 Å². The van der Waals surface area contributed by atoms with Gasteiger partial charge in [-0.25, -0.2) is 0 Å². The molecule has 3 unspecified atom stereocenters. The summed E-state index contributed by atoms with van der Waals surface area (Å²) < 4.78 is 0.708. The molecule has 5 heteroatoms. The van der Waals surface area contributed by atoms with Gasteiger partial charge in [0.05, 0.1) is 5.02 Å². The van der Waals surface area contributed by atoms with Crippen LogP contribution in [0.4, 0.5) is 0 Å². The fourth-order valence-electron chi connectivity index (χ4n) is 3.44. The first-order valence-corrected chi connectivity index (χ1v) is 8.18. The Bertz CT molecular complexity index is 435. The highest BCUT2D eigenvalue weighted by Crippen LogP contribution is 2.38. The van der Waals surface area contributed by atoms with Crippen LogP contribution in [-0.2, 0) is 6.54 Å². The maximum atomic E-state index is 6.24. The minimum Gasteiger partial charge on any atom is -0.327 e. The molecule has 18 heavy (non-hydrogen) atoms. The van der Waals surface area contributed by atoms with Crippen LogP contribution in [0.1, 0.15) is 24.8 Å². The normalized spacial score (nSPS) is 32.7. The minimum atomic E-state index is 0.398. The van der Waals surface area contributed by atoms with Gasteiger partial charge in [0.15, 0.2) is 0 Å². The molecule has 3 rings (SSSR count). The van der Waals surface area contributed by atoms with E-state index in [-0.39, 0.29) is 0 Å². The van der Waals surface area contributed by atoms with Crippen LogP contribution in [0.2, 0.25) is 9.36 Å². The van der Waals surface area contributed by atoms with E-state index in [1.54, 1.807) is 0 Å². The standard InChI is InChI=1S/C13H18Cl2N2S/c14-12-9(7-18-13(12)15)5-17-4-8-2-1-3-11(16)10(8)6-17/h7-8,10-11H,1-6,16H2. The number of thiophene rings is 1. The lowest BCUT2D eigenvalue weighted by Crippen LogP contribution is -2.38. The number of likely N-dealkylation sites (tertiary alicyclic amines) is 1. The van der Waals surface area contributed by atoms with Gasteiger partial charge in [-0.2, -0.15) is 0 Å². The second-order valence-electron chi connectivity index (χ2n) is 5.56. The van der Waals surface area contributed by atoms with E-state index in [0.29, 0.717) is 16.3 Å². The Balaban J connectivity index is 1.67. The first kappa shape index (κ1) is 13.2. The number of nitrogens with zero attached hydrogens (tertiary/aromatic N) is 1. The van der Waals surface area contributed by atoms with E-state index >= 15 is 0 Å².